The standard InChI is InChI=1S/C17H29N5/c1-17(4-5-17)13-21-8-2-3-14(12-21)15-11-16(20-19-15)22-9-6-18-7-10-22/h11,14,18H,2-10,12-13H2,1H3,(H,19,20). The van der Waals surface area contributed by atoms with Crippen LogP contribution in [0.4, 0.5) is 5.82 Å². The minimum absolute atomic E-state index is 0.627. The van der Waals surface area contributed by atoms with Crippen molar-refractivity contribution < 1.29 is 0 Å². The second kappa shape index (κ2) is 5.85. The predicted octanol–water partition coefficient (Wildman–Crippen LogP) is 1.80. The number of aromatic amines is 1. The molecule has 1 aromatic rings. The number of nitrogens with one attached hydrogen (secondary N) is 2. The smallest absolute Gasteiger partial charge is 0.150 e. The first-order valence-corrected chi connectivity index (χ1v) is 8.95. The molecule has 0 bridgehead atoms. The van der Waals surface area contributed by atoms with Gasteiger partial charge in [0.25, 0.3) is 0 Å². The van der Waals surface area contributed by atoms with Crippen molar-refractivity contribution >= 4 is 5.82 Å². The third kappa shape index (κ3) is 3.15. The lowest BCUT2D eigenvalue weighted by atomic mass is 9.94. The van der Waals surface area contributed by atoms with Crippen LogP contribution in [0.25, 0.3) is 0 Å². The number of likely N-dealkylation sites (tertiary alicyclic amines) is 1. The highest BCUT2D eigenvalue weighted by Crippen LogP contribution is 2.46. The van der Waals surface area contributed by atoms with Crippen LogP contribution in [0, 0.1) is 5.41 Å². The van der Waals surface area contributed by atoms with Crippen molar-refractivity contribution in [2.45, 2.75) is 38.5 Å². The van der Waals surface area contributed by atoms with E-state index in [1.165, 1.54) is 51.0 Å². The first-order valence-electron chi connectivity index (χ1n) is 8.95. The van der Waals surface area contributed by atoms with Gasteiger partial charge in [0.2, 0.25) is 0 Å². The molecule has 2 N–H and O–H groups in total. The van der Waals surface area contributed by atoms with E-state index in [1.54, 1.807) is 0 Å². The van der Waals surface area contributed by atoms with Gasteiger partial charge in [-0.2, -0.15) is 5.10 Å². The van der Waals surface area contributed by atoms with E-state index in [2.05, 4.69) is 38.3 Å². The topological polar surface area (TPSA) is 47.2 Å². The quantitative estimate of drug-likeness (QED) is 0.890. The molecule has 0 spiro atoms. The maximum atomic E-state index is 4.58. The van der Waals surface area contributed by atoms with Gasteiger partial charge in [-0.25, -0.2) is 0 Å². The molecule has 3 heterocycles. The molecule has 2 aliphatic heterocycles. The lowest BCUT2D eigenvalue weighted by Gasteiger charge is -2.34. The number of piperazine rings is 1. The molecular weight excluding hydrogens is 274 g/mol. The van der Waals surface area contributed by atoms with E-state index < -0.39 is 0 Å². The van der Waals surface area contributed by atoms with Gasteiger partial charge in [-0.1, -0.05) is 6.92 Å². The van der Waals surface area contributed by atoms with Gasteiger partial charge in [0, 0.05) is 56.9 Å². The summed E-state index contributed by atoms with van der Waals surface area (Å²) in [5.74, 6) is 1.78. The molecular formula is C17H29N5. The van der Waals surface area contributed by atoms with E-state index in [4.69, 9.17) is 0 Å². The largest absolute Gasteiger partial charge is 0.353 e. The highest BCUT2D eigenvalue weighted by Gasteiger charge is 2.39. The molecule has 5 nitrogen and oxygen atoms in total. The number of hydrogen-bond acceptors (Lipinski definition) is 4. The van der Waals surface area contributed by atoms with Crippen LogP contribution in [0.2, 0.25) is 0 Å². The van der Waals surface area contributed by atoms with Crippen molar-refractivity contribution in [3.05, 3.63) is 11.8 Å². The zero-order valence-corrected chi connectivity index (χ0v) is 13.8. The normalized spacial score (nSPS) is 28.8. The molecule has 122 valence electrons. The Kier molecular flexibility index (Phi) is 3.86. The first-order chi connectivity index (χ1) is 10.7. The zero-order valence-electron chi connectivity index (χ0n) is 13.8. The van der Waals surface area contributed by atoms with Gasteiger partial charge in [-0.15, -0.1) is 0 Å². The molecule has 0 amide bonds. The minimum Gasteiger partial charge on any atom is -0.353 e. The van der Waals surface area contributed by atoms with Crippen molar-refractivity contribution in [1.29, 1.82) is 0 Å². The van der Waals surface area contributed by atoms with E-state index in [1.807, 2.05) is 0 Å². The minimum atomic E-state index is 0.627. The second-order valence-corrected chi connectivity index (χ2v) is 7.80. The summed E-state index contributed by atoms with van der Waals surface area (Å²) in [5.41, 5.74) is 1.97. The molecule has 1 saturated carbocycles. The Morgan fingerprint density at radius 3 is 2.86 bits per heavy atom. The zero-order chi connectivity index (χ0) is 15.0. The Hall–Kier alpha value is -1.07. The second-order valence-electron chi connectivity index (χ2n) is 7.80. The Morgan fingerprint density at radius 1 is 1.27 bits per heavy atom. The van der Waals surface area contributed by atoms with Crippen molar-refractivity contribution in [1.82, 2.24) is 20.4 Å². The average Bonchev–Trinajstić information content (AvgIpc) is 3.08. The molecule has 1 aliphatic carbocycles. The van der Waals surface area contributed by atoms with Gasteiger partial charge in [0.15, 0.2) is 5.82 Å². The van der Waals surface area contributed by atoms with Crippen LogP contribution < -0.4 is 10.2 Å². The first kappa shape index (κ1) is 14.5. The van der Waals surface area contributed by atoms with Gasteiger partial charge in [-0.3, -0.25) is 5.10 Å². The predicted molar refractivity (Wildman–Crippen MR) is 89.4 cm³/mol. The molecule has 22 heavy (non-hydrogen) atoms. The summed E-state index contributed by atoms with van der Waals surface area (Å²) in [6.07, 6.45) is 5.47. The summed E-state index contributed by atoms with van der Waals surface area (Å²) in [6, 6.07) is 2.30. The van der Waals surface area contributed by atoms with Gasteiger partial charge in [0.1, 0.15) is 0 Å². The van der Waals surface area contributed by atoms with E-state index in [0.717, 1.165) is 32.0 Å². The fraction of sp³-hybridized carbons (Fsp3) is 0.824. The van der Waals surface area contributed by atoms with E-state index in [-0.39, 0.29) is 0 Å². The van der Waals surface area contributed by atoms with Crippen LogP contribution in [-0.2, 0) is 0 Å². The fourth-order valence-electron chi connectivity index (χ4n) is 3.95. The molecule has 2 saturated heterocycles. The maximum Gasteiger partial charge on any atom is 0.150 e. The Bertz CT molecular complexity index is 501. The number of piperidine rings is 1. The molecule has 1 unspecified atom stereocenters. The molecule has 5 heteroatoms. The highest BCUT2D eigenvalue weighted by molar-refractivity contribution is 5.40. The van der Waals surface area contributed by atoms with Gasteiger partial charge in [0.05, 0.1) is 0 Å². The van der Waals surface area contributed by atoms with E-state index in [0.29, 0.717) is 11.3 Å². The summed E-state index contributed by atoms with van der Waals surface area (Å²) < 4.78 is 0. The SMILES string of the molecule is CC1(CN2CCCC(c3cc(N4CCNCC4)n[nH]3)C2)CC1. The van der Waals surface area contributed by atoms with Crippen LogP contribution in [0.15, 0.2) is 6.07 Å². The monoisotopic (exact) mass is 303 g/mol. The van der Waals surface area contributed by atoms with Crippen molar-refractivity contribution in [3.63, 3.8) is 0 Å². The third-order valence-electron chi connectivity index (χ3n) is 5.68. The Labute approximate surface area is 133 Å². The third-order valence-corrected chi connectivity index (χ3v) is 5.68. The highest BCUT2D eigenvalue weighted by atomic mass is 15.3. The summed E-state index contributed by atoms with van der Waals surface area (Å²) >= 11 is 0. The van der Waals surface area contributed by atoms with Gasteiger partial charge in [-0.05, 0) is 37.6 Å². The van der Waals surface area contributed by atoms with Gasteiger partial charge < -0.3 is 15.1 Å². The van der Waals surface area contributed by atoms with Crippen molar-refractivity contribution in [2.24, 2.45) is 5.41 Å². The Morgan fingerprint density at radius 2 is 2.09 bits per heavy atom. The molecule has 0 aromatic carbocycles. The van der Waals surface area contributed by atoms with Crippen LogP contribution in [0.1, 0.15) is 44.2 Å². The molecule has 1 aromatic heterocycles. The van der Waals surface area contributed by atoms with Gasteiger partial charge >= 0.3 is 0 Å². The van der Waals surface area contributed by atoms with Crippen LogP contribution in [0.5, 0.6) is 0 Å². The van der Waals surface area contributed by atoms with Crippen LogP contribution in [0.3, 0.4) is 0 Å². The fourth-order valence-corrected chi connectivity index (χ4v) is 3.95. The molecule has 0 radical (unpaired) electrons. The number of aromatic nitrogens is 2. The van der Waals surface area contributed by atoms with Crippen LogP contribution in [-0.4, -0.2) is 60.9 Å². The van der Waals surface area contributed by atoms with E-state index >= 15 is 0 Å². The molecule has 3 fully saturated rings. The number of rotatable bonds is 4. The summed E-state index contributed by atoms with van der Waals surface area (Å²) in [5, 5.41) is 11.3. The molecule has 1 atom stereocenters. The summed E-state index contributed by atoms with van der Waals surface area (Å²) in [4.78, 5) is 5.08. The van der Waals surface area contributed by atoms with E-state index in [9.17, 15) is 0 Å². The average molecular weight is 303 g/mol. The Balaban J connectivity index is 1.39. The number of nitrogens with zero attached hydrogens (tertiary/aromatic N) is 3. The van der Waals surface area contributed by atoms with Crippen LogP contribution >= 0.6 is 0 Å². The number of anilines is 1. The molecule has 4 rings (SSSR count). The lowest BCUT2D eigenvalue weighted by Crippen LogP contribution is -2.43. The number of H-pyrrole nitrogens is 1. The summed E-state index contributed by atoms with van der Waals surface area (Å²) in [7, 11) is 0. The van der Waals surface area contributed by atoms with Crippen molar-refractivity contribution in [2.75, 3.05) is 50.7 Å². The maximum absolute atomic E-state index is 4.58. The lowest BCUT2D eigenvalue weighted by molar-refractivity contribution is 0.175. The van der Waals surface area contributed by atoms with Crippen molar-refractivity contribution in [3.8, 4) is 0 Å². The summed E-state index contributed by atoms with van der Waals surface area (Å²) in [6.45, 7) is 10.5. The number of hydrogen-bond donors (Lipinski definition) is 2. The molecule has 3 aliphatic rings.